The van der Waals surface area contributed by atoms with Gasteiger partial charge in [-0.25, -0.2) is 17.7 Å². The molecule has 29 heavy (non-hydrogen) atoms. The van der Waals surface area contributed by atoms with Gasteiger partial charge in [0.05, 0.1) is 22.0 Å². The number of amides is 1. The van der Waals surface area contributed by atoms with Crippen molar-refractivity contribution in [3.63, 3.8) is 0 Å². The smallest absolute Gasteiger partial charge is 0.251 e. The molecule has 3 aromatic rings. The fourth-order valence-electron chi connectivity index (χ4n) is 2.90. The zero-order chi connectivity index (χ0) is 21.0. The highest BCUT2D eigenvalue weighted by molar-refractivity contribution is 7.98. The lowest BCUT2D eigenvalue weighted by Gasteiger charge is -2.17. The van der Waals surface area contributed by atoms with Crippen molar-refractivity contribution < 1.29 is 13.2 Å². The number of fused-ring (bicyclic) bond motifs is 1. The maximum Gasteiger partial charge on any atom is 0.251 e. The number of nitrogens with one attached hydrogen (secondary N) is 2. The van der Waals surface area contributed by atoms with Gasteiger partial charge in [-0.15, -0.1) is 0 Å². The number of rotatable bonds is 8. The first-order valence-electron chi connectivity index (χ1n) is 9.10. The van der Waals surface area contributed by atoms with Crippen molar-refractivity contribution in [2.45, 2.75) is 17.4 Å². The van der Waals surface area contributed by atoms with Crippen LogP contribution in [0.4, 0.5) is 0 Å². The van der Waals surface area contributed by atoms with Crippen LogP contribution in [-0.4, -0.2) is 54.7 Å². The second kappa shape index (κ2) is 8.98. The van der Waals surface area contributed by atoms with Gasteiger partial charge in [-0.05, 0) is 48.8 Å². The number of sulfonamides is 1. The first-order valence-corrected chi connectivity index (χ1v) is 11.9. The van der Waals surface area contributed by atoms with Gasteiger partial charge in [-0.3, -0.25) is 4.79 Å². The van der Waals surface area contributed by atoms with Crippen molar-refractivity contribution in [3.05, 3.63) is 59.9 Å². The molecule has 0 fully saturated rings. The number of carbonyl (C=O) groups excluding carboxylic acids is 1. The Labute approximate surface area is 175 Å². The van der Waals surface area contributed by atoms with E-state index in [4.69, 9.17) is 0 Å². The van der Waals surface area contributed by atoms with Crippen LogP contribution >= 0.6 is 11.8 Å². The number of para-hydroxylation sites is 2. The summed E-state index contributed by atoms with van der Waals surface area (Å²) in [4.78, 5) is 20.9. The molecule has 2 N–H and O–H groups in total. The number of thioether (sulfide) groups is 1. The quantitative estimate of drug-likeness (QED) is 0.570. The number of carbonyl (C=O) groups is 1. The molecular weight excluding hydrogens is 408 g/mol. The van der Waals surface area contributed by atoms with Crippen molar-refractivity contribution in [1.29, 1.82) is 0 Å². The second-order valence-electron chi connectivity index (χ2n) is 6.76. The predicted octanol–water partition coefficient (Wildman–Crippen LogP) is 3.04. The Morgan fingerprint density at radius 1 is 1.21 bits per heavy atom. The molecule has 1 atom stereocenters. The average molecular weight is 433 g/mol. The van der Waals surface area contributed by atoms with E-state index in [1.807, 2.05) is 30.5 Å². The molecule has 0 aliphatic carbocycles. The highest BCUT2D eigenvalue weighted by atomic mass is 32.2. The zero-order valence-electron chi connectivity index (χ0n) is 16.5. The van der Waals surface area contributed by atoms with Crippen LogP contribution in [0.1, 0.15) is 28.6 Å². The summed E-state index contributed by atoms with van der Waals surface area (Å²) < 4.78 is 25.9. The molecule has 0 saturated carbocycles. The summed E-state index contributed by atoms with van der Waals surface area (Å²) in [6.45, 7) is 0. The van der Waals surface area contributed by atoms with E-state index in [9.17, 15) is 13.2 Å². The van der Waals surface area contributed by atoms with E-state index in [-0.39, 0.29) is 22.4 Å². The van der Waals surface area contributed by atoms with Crippen molar-refractivity contribution in [3.8, 4) is 0 Å². The van der Waals surface area contributed by atoms with Crippen LogP contribution in [0.5, 0.6) is 0 Å². The van der Waals surface area contributed by atoms with E-state index < -0.39 is 10.0 Å². The van der Waals surface area contributed by atoms with Crippen LogP contribution in [0.25, 0.3) is 11.0 Å². The monoisotopic (exact) mass is 432 g/mol. The molecule has 1 amide bonds. The molecule has 0 radical (unpaired) electrons. The summed E-state index contributed by atoms with van der Waals surface area (Å²) in [6, 6.07) is 13.4. The van der Waals surface area contributed by atoms with E-state index in [2.05, 4.69) is 15.3 Å². The summed E-state index contributed by atoms with van der Waals surface area (Å²) >= 11 is 1.69. The highest BCUT2D eigenvalue weighted by Gasteiger charge is 2.22. The van der Waals surface area contributed by atoms with E-state index >= 15 is 0 Å². The second-order valence-corrected chi connectivity index (χ2v) is 9.90. The Morgan fingerprint density at radius 2 is 1.97 bits per heavy atom. The van der Waals surface area contributed by atoms with Gasteiger partial charge in [0.2, 0.25) is 10.0 Å². The van der Waals surface area contributed by atoms with E-state index in [0.717, 1.165) is 21.1 Å². The SMILES string of the molecule is CSCCC(NC(=O)c1cccc(S(=O)(=O)N(C)C)c1)c1nc2ccccc2[nH]1. The topological polar surface area (TPSA) is 95.2 Å². The molecule has 3 rings (SSSR count). The van der Waals surface area contributed by atoms with Gasteiger partial charge in [0, 0.05) is 19.7 Å². The van der Waals surface area contributed by atoms with E-state index in [0.29, 0.717) is 12.2 Å². The summed E-state index contributed by atoms with van der Waals surface area (Å²) in [5.74, 6) is 1.19. The van der Waals surface area contributed by atoms with Gasteiger partial charge in [0.15, 0.2) is 0 Å². The predicted molar refractivity (Wildman–Crippen MR) is 117 cm³/mol. The van der Waals surface area contributed by atoms with Gasteiger partial charge in [-0.1, -0.05) is 18.2 Å². The van der Waals surface area contributed by atoms with Crippen molar-refractivity contribution in [2.75, 3.05) is 26.1 Å². The number of benzene rings is 2. The molecule has 1 heterocycles. The number of aromatic amines is 1. The molecule has 0 bridgehead atoms. The maximum atomic E-state index is 12.9. The van der Waals surface area contributed by atoms with Gasteiger partial charge in [0.25, 0.3) is 5.91 Å². The third-order valence-corrected chi connectivity index (χ3v) is 6.98. The Balaban J connectivity index is 1.87. The summed E-state index contributed by atoms with van der Waals surface area (Å²) in [6.07, 6.45) is 2.70. The van der Waals surface area contributed by atoms with Crippen LogP contribution in [0.3, 0.4) is 0 Å². The molecule has 0 aliphatic heterocycles. The van der Waals surface area contributed by atoms with Crippen molar-refractivity contribution >= 4 is 38.7 Å². The number of hydrogen-bond donors (Lipinski definition) is 2. The molecule has 0 aliphatic rings. The number of nitrogens with zero attached hydrogens (tertiary/aromatic N) is 2. The Morgan fingerprint density at radius 3 is 2.66 bits per heavy atom. The minimum absolute atomic E-state index is 0.0829. The standard InChI is InChI=1S/C20H24N4O3S2/c1-24(2)29(26,27)15-8-6-7-14(13-15)20(25)23-18(11-12-28-3)19-21-16-9-4-5-10-17(16)22-19/h4-10,13,18H,11-12H2,1-3H3,(H,21,22)(H,23,25). The Kier molecular flexibility index (Phi) is 6.61. The summed E-state index contributed by atoms with van der Waals surface area (Å²) in [7, 11) is -0.693. The van der Waals surface area contributed by atoms with Gasteiger partial charge < -0.3 is 10.3 Å². The third kappa shape index (κ3) is 4.80. The lowest BCUT2D eigenvalue weighted by molar-refractivity contribution is 0.0934. The highest BCUT2D eigenvalue weighted by Crippen LogP contribution is 2.21. The van der Waals surface area contributed by atoms with Gasteiger partial charge in [-0.2, -0.15) is 11.8 Å². The number of aromatic nitrogens is 2. The Bertz CT molecular complexity index is 1080. The normalized spacial score (nSPS) is 13.0. The van der Waals surface area contributed by atoms with Gasteiger partial charge in [0.1, 0.15) is 5.82 Å². The fraction of sp³-hybridized carbons (Fsp3) is 0.300. The molecule has 1 aromatic heterocycles. The van der Waals surface area contributed by atoms with Gasteiger partial charge >= 0.3 is 0 Å². The van der Waals surface area contributed by atoms with Crippen LogP contribution in [0, 0.1) is 0 Å². The van der Waals surface area contributed by atoms with Crippen LogP contribution in [0.15, 0.2) is 53.4 Å². The molecule has 2 aromatic carbocycles. The minimum atomic E-state index is -3.61. The number of imidazole rings is 1. The molecule has 7 nitrogen and oxygen atoms in total. The minimum Gasteiger partial charge on any atom is -0.342 e. The fourth-order valence-corrected chi connectivity index (χ4v) is 4.32. The zero-order valence-corrected chi connectivity index (χ0v) is 18.2. The Hall–Kier alpha value is -2.36. The number of hydrogen-bond acceptors (Lipinski definition) is 5. The first-order chi connectivity index (χ1) is 13.8. The maximum absolute atomic E-state index is 12.9. The van der Waals surface area contributed by atoms with E-state index in [1.165, 1.54) is 26.2 Å². The molecular formula is C20H24N4O3S2. The molecule has 9 heteroatoms. The summed E-state index contributed by atoms with van der Waals surface area (Å²) in [5.41, 5.74) is 2.04. The van der Waals surface area contributed by atoms with E-state index in [1.54, 1.807) is 23.9 Å². The summed E-state index contributed by atoms with van der Waals surface area (Å²) in [5, 5.41) is 3.00. The molecule has 0 spiro atoms. The molecule has 0 saturated heterocycles. The lowest BCUT2D eigenvalue weighted by Crippen LogP contribution is -2.30. The average Bonchev–Trinajstić information content (AvgIpc) is 3.15. The lowest BCUT2D eigenvalue weighted by atomic mass is 10.1. The third-order valence-electron chi connectivity index (χ3n) is 4.53. The number of H-pyrrole nitrogens is 1. The van der Waals surface area contributed by atoms with Crippen LogP contribution < -0.4 is 5.32 Å². The van der Waals surface area contributed by atoms with Crippen LogP contribution in [0.2, 0.25) is 0 Å². The van der Waals surface area contributed by atoms with Crippen molar-refractivity contribution in [1.82, 2.24) is 19.6 Å². The largest absolute Gasteiger partial charge is 0.342 e. The first kappa shape index (κ1) is 21.4. The molecule has 1 unspecified atom stereocenters. The molecule has 154 valence electrons. The van der Waals surface area contributed by atoms with Crippen molar-refractivity contribution in [2.24, 2.45) is 0 Å². The van der Waals surface area contributed by atoms with Crippen LogP contribution in [-0.2, 0) is 10.0 Å².